The van der Waals surface area contributed by atoms with Gasteiger partial charge in [-0.1, -0.05) is 58.4 Å². The van der Waals surface area contributed by atoms with Crippen LogP contribution >= 0.6 is 23.1 Å². The summed E-state index contributed by atoms with van der Waals surface area (Å²) in [6.07, 6.45) is 2.09. The molecule has 0 aliphatic heterocycles. The summed E-state index contributed by atoms with van der Waals surface area (Å²) in [5, 5.41) is 9.55. The Hall–Kier alpha value is -2.04. The molecule has 0 amide bonds. The number of carbonyl (C=O) groups is 1. The molecule has 0 fully saturated rings. The van der Waals surface area contributed by atoms with Gasteiger partial charge in [0.15, 0.2) is 0 Å². The zero-order valence-corrected chi connectivity index (χ0v) is 20.9. The molecule has 1 aromatic heterocycles. The van der Waals surface area contributed by atoms with E-state index in [2.05, 4.69) is 77.9 Å². The van der Waals surface area contributed by atoms with Crippen molar-refractivity contribution in [3.8, 4) is 11.1 Å². The highest BCUT2D eigenvalue weighted by atomic mass is 32.2. The van der Waals surface area contributed by atoms with Crippen LogP contribution in [-0.2, 0) is 5.41 Å². The van der Waals surface area contributed by atoms with Gasteiger partial charge in [0.1, 0.15) is 4.88 Å². The minimum Gasteiger partial charge on any atom is -0.477 e. The van der Waals surface area contributed by atoms with Crippen molar-refractivity contribution >= 4 is 29.1 Å². The predicted octanol–water partition coefficient (Wildman–Crippen LogP) is 8.66. The van der Waals surface area contributed by atoms with Gasteiger partial charge in [-0.3, -0.25) is 0 Å². The Morgan fingerprint density at radius 3 is 2.13 bits per heavy atom. The van der Waals surface area contributed by atoms with Gasteiger partial charge >= 0.3 is 5.97 Å². The maximum Gasteiger partial charge on any atom is 0.345 e. The molecular formula is C27H32O2S2. The highest BCUT2D eigenvalue weighted by Crippen LogP contribution is 2.43. The van der Waals surface area contributed by atoms with Crippen LogP contribution in [0.25, 0.3) is 11.1 Å². The first-order valence-electron chi connectivity index (χ1n) is 10.8. The molecule has 1 N–H and O–H groups in total. The topological polar surface area (TPSA) is 37.3 Å². The largest absolute Gasteiger partial charge is 0.477 e. The van der Waals surface area contributed by atoms with Crippen LogP contribution in [0.15, 0.2) is 53.4 Å². The number of carboxylic acid groups (broad SMARTS) is 1. The van der Waals surface area contributed by atoms with Crippen molar-refractivity contribution in [2.45, 2.75) is 69.9 Å². The van der Waals surface area contributed by atoms with E-state index < -0.39 is 5.97 Å². The molecule has 0 saturated carbocycles. The second-order valence-electron chi connectivity index (χ2n) is 9.16. The molecule has 31 heavy (non-hydrogen) atoms. The van der Waals surface area contributed by atoms with Crippen molar-refractivity contribution in [1.29, 1.82) is 0 Å². The molecule has 3 rings (SSSR count). The van der Waals surface area contributed by atoms with Gasteiger partial charge in [-0.25, -0.2) is 4.79 Å². The number of rotatable bonds is 7. The number of thioether (sulfide) groups is 1. The third-order valence-corrected chi connectivity index (χ3v) is 8.15. The van der Waals surface area contributed by atoms with Crippen molar-refractivity contribution in [3.05, 3.63) is 75.0 Å². The van der Waals surface area contributed by atoms with Gasteiger partial charge in [-0.05, 0) is 77.8 Å². The van der Waals surface area contributed by atoms with E-state index in [-0.39, 0.29) is 10.7 Å². The van der Waals surface area contributed by atoms with Crippen LogP contribution in [0.1, 0.15) is 77.0 Å². The molecule has 0 spiro atoms. The zero-order chi connectivity index (χ0) is 22.8. The predicted molar refractivity (Wildman–Crippen MR) is 135 cm³/mol. The van der Waals surface area contributed by atoms with Gasteiger partial charge in [0.25, 0.3) is 0 Å². The fourth-order valence-electron chi connectivity index (χ4n) is 3.91. The van der Waals surface area contributed by atoms with E-state index in [1.54, 1.807) is 6.07 Å². The maximum atomic E-state index is 11.3. The van der Waals surface area contributed by atoms with Gasteiger partial charge in [0.2, 0.25) is 0 Å². The van der Waals surface area contributed by atoms with Crippen LogP contribution in [0.3, 0.4) is 0 Å². The van der Waals surface area contributed by atoms with Gasteiger partial charge in [-0.2, -0.15) is 0 Å². The fourth-order valence-corrected chi connectivity index (χ4v) is 6.43. The van der Waals surface area contributed by atoms with Crippen molar-refractivity contribution in [2.75, 3.05) is 0 Å². The molecule has 0 aliphatic carbocycles. The second-order valence-corrected chi connectivity index (χ2v) is 11.6. The lowest BCUT2D eigenvalue weighted by atomic mass is 9.85. The summed E-state index contributed by atoms with van der Waals surface area (Å²) >= 11 is 3.25. The molecule has 0 radical (unpaired) electrons. The number of thiophene rings is 1. The number of hydrogen-bond donors (Lipinski definition) is 1. The SMILES string of the molecule is CCCC(Sc1cc(C)c(-c2ccc(C(C)(C)C)cc2)c(C)c1)c1ccc(C(=O)O)s1. The molecule has 0 bridgehead atoms. The Morgan fingerprint density at radius 2 is 1.65 bits per heavy atom. The van der Waals surface area contributed by atoms with Crippen molar-refractivity contribution < 1.29 is 9.90 Å². The summed E-state index contributed by atoms with van der Waals surface area (Å²) in [6, 6.07) is 17.2. The minimum absolute atomic E-state index is 0.152. The molecule has 1 atom stereocenters. The first-order chi connectivity index (χ1) is 14.6. The molecule has 2 nitrogen and oxygen atoms in total. The molecule has 164 valence electrons. The van der Waals surface area contributed by atoms with E-state index in [4.69, 9.17) is 0 Å². The molecule has 0 saturated heterocycles. The number of benzene rings is 2. The number of aromatic carboxylic acids is 1. The third-order valence-electron chi connectivity index (χ3n) is 5.53. The third kappa shape index (κ3) is 5.61. The molecule has 3 aromatic rings. The molecule has 1 heterocycles. The standard InChI is InChI=1S/C27H32O2S2/c1-7-8-22(23-13-14-24(31-23)26(28)29)30-21-15-17(2)25(18(3)16-21)19-9-11-20(12-10-19)27(4,5)6/h9-16,22H,7-8H2,1-6H3,(H,28,29). The van der Waals surface area contributed by atoms with E-state index in [1.807, 2.05) is 17.8 Å². The van der Waals surface area contributed by atoms with Crippen LogP contribution < -0.4 is 0 Å². The Morgan fingerprint density at radius 1 is 1.03 bits per heavy atom. The van der Waals surface area contributed by atoms with Crippen LogP contribution in [-0.4, -0.2) is 11.1 Å². The van der Waals surface area contributed by atoms with Gasteiger partial charge < -0.3 is 5.11 Å². The summed E-state index contributed by atoms with van der Waals surface area (Å²) in [4.78, 5) is 14.1. The lowest BCUT2D eigenvalue weighted by Crippen LogP contribution is -2.10. The summed E-state index contributed by atoms with van der Waals surface area (Å²) in [5.41, 5.74) is 6.62. The fraction of sp³-hybridized carbons (Fsp3) is 0.370. The van der Waals surface area contributed by atoms with Crippen LogP contribution in [0, 0.1) is 13.8 Å². The first-order valence-corrected chi connectivity index (χ1v) is 12.5. The lowest BCUT2D eigenvalue weighted by Gasteiger charge is -2.20. The van der Waals surface area contributed by atoms with E-state index >= 15 is 0 Å². The summed E-state index contributed by atoms with van der Waals surface area (Å²) < 4.78 is 0. The summed E-state index contributed by atoms with van der Waals surface area (Å²) in [7, 11) is 0. The highest BCUT2D eigenvalue weighted by molar-refractivity contribution is 7.99. The van der Waals surface area contributed by atoms with Gasteiger partial charge in [0, 0.05) is 15.0 Å². The minimum atomic E-state index is -0.843. The average molecular weight is 453 g/mol. The average Bonchev–Trinajstić information content (AvgIpc) is 3.17. The monoisotopic (exact) mass is 452 g/mol. The summed E-state index contributed by atoms with van der Waals surface area (Å²) in [5.74, 6) is -0.843. The molecule has 4 heteroatoms. The number of hydrogen-bond acceptors (Lipinski definition) is 3. The molecule has 1 unspecified atom stereocenters. The molecule has 2 aromatic carbocycles. The summed E-state index contributed by atoms with van der Waals surface area (Å²) in [6.45, 7) is 13.3. The van der Waals surface area contributed by atoms with Crippen molar-refractivity contribution in [3.63, 3.8) is 0 Å². The lowest BCUT2D eigenvalue weighted by molar-refractivity contribution is 0.0702. The van der Waals surface area contributed by atoms with E-state index in [0.717, 1.165) is 17.7 Å². The van der Waals surface area contributed by atoms with Crippen molar-refractivity contribution in [1.82, 2.24) is 0 Å². The second kappa shape index (κ2) is 9.62. The number of carboxylic acids is 1. The highest BCUT2D eigenvalue weighted by Gasteiger charge is 2.19. The Labute approximate surface area is 194 Å². The van der Waals surface area contributed by atoms with E-state index in [1.165, 1.54) is 44.0 Å². The van der Waals surface area contributed by atoms with Crippen LogP contribution in [0.5, 0.6) is 0 Å². The maximum absolute atomic E-state index is 11.3. The zero-order valence-electron chi connectivity index (χ0n) is 19.3. The normalized spacial score (nSPS) is 12.7. The number of aryl methyl sites for hydroxylation is 2. The first kappa shape index (κ1) is 23.6. The van der Waals surface area contributed by atoms with Crippen LogP contribution in [0.4, 0.5) is 0 Å². The van der Waals surface area contributed by atoms with E-state index in [0.29, 0.717) is 4.88 Å². The Kier molecular flexibility index (Phi) is 7.33. The Bertz CT molecular complexity index is 1030. The van der Waals surface area contributed by atoms with Crippen molar-refractivity contribution in [2.24, 2.45) is 0 Å². The quantitative estimate of drug-likeness (QED) is 0.364. The van der Waals surface area contributed by atoms with Crippen LogP contribution in [0.2, 0.25) is 0 Å². The smallest absolute Gasteiger partial charge is 0.345 e. The Balaban J connectivity index is 1.88. The molecule has 0 aliphatic rings. The van der Waals surface area contributed by atoms with Gasteiger partial charge in [-0.15, -0.1) is 23.1 Å². The molecular weight excluding hydrogens is 420 g/mol. The van der Waals surface area contributed by atoms with E-state index in [9.17, 15) is 9.90 Å². The van der Waals surface area contributed by atoms with Gasteiger partial charge in [0.05, 0.1) is 0 Å².